The van der Waals surface area contributed by atoms with Gasteiger partial charge in [0.25, 0.3) is 0 Å². The molecule has 2 aromatic carbocycles. The van der Waals surface area contributed by atoms with Crippen LogP contribution in [0, 0.1) is 0 Å². The second-order valence-electron chi connectivity index (χ2n) is 5.16. The predicted octanol–water partition coefficient (Wildman–Crippen LogP) is 1.70. The van der Waals surface area contributed by atoms with Crippen LogP contribution in [0.15, 0.2) is 64.3 Å². The highest BCUT2D eigenvalue weighted by Gasteiger charge is 2.12. The number of aryl methyl sites for hydroxylation is 1. The van der Waals surface area contributed by atoms with E-state index in [4.69, 9.17) is 0 Å². The zero-order valence-corrected chi connectivity index (χ0v) is 13.2. The quantitative estimate of drug-likeness (QED) is 0.674. The number of fused-ring (bicyclic) bond motifs is 1. The Morgan fingerprint density at radius 3 is 2.48 bits per heavy atom. The fourth-order valence-electron chi connectivity index (χ4n) is 2.46. The van der Waals surface area contributed by atoms with Crippen molar-refractivity contribution in [1.29, 1.82) is 0 Å². The van der Waals surface area contributed by atoms with Crippen molar-refractivity contribution in [1.82, 2.24) is 14.3 Å². The number of imidazole rings is 1. The Labute approximate surface area is 133 Å². The van der Waals surface area contributed by atoms with Gasteiger partial charge in [0.05, 0.1) is 15.9 Å². The molecule has 0 atom stereocenters. The van der Waals surface area contributed by atoms with Gasteiger partial charge >= 0.3 is 5.69 Å². The molecule has 0 aliphatic carbocycles. The molecule has 0 amide bonds. The molecule has 1 aromatic heterocycles. The first-order valence-electron chi connectivity index (χ1n) is 7.30. The summed E-state index contributed by atoms with van der Waals surface area (Å²) in [6.07, 6.45) is 0.522. The van der Waals surface area contributed by atoms with Gasteiger partial charge in [-0.05, 0) is 30.7 Å². The van der Waals surface area contributed by atoms with Crippen LogP contribution in [0.3, 0.4) is 0 Å². The molecule has 3 rings (SSSR count). The molecule has 2 N–H and O–H groups in total. The maximum Gasteiger partial charge on any atom is 0.326 e. The number of H-pyrrole nitrogens is 1. The number of aromatic amines is 1. The zero-order chi connectivity index (χ0) is 16.3. The van der Waals surface area contributed by atoms with Gasteiger partial charge < -0.3 is 4.98 Å². The number of aromatic nitrogens is 2. The number of benzene rings is 2. The standard InChI is InChI=1S/C16H17N3O3S/c20-16-18-14-9-4-5-10-15(14)19(16)12-6-11-17-23(21,22)13-7-2-1-3-8-13/h1-5,7-10,17H,6,11-12H2,(H,18,20). The third-order valence-corrected chi connectivity index (χ3v) is 5.06. The minimum Gasteiger partial charge on any atom is -0.306 e. The van der Waals surface area contributed by atoms with Gasteiger partial charge in [0.2, 0.25) is 10.0 Å². The molecule has 0 saturated heterocycles. The number of nitrogens with zero attached hydrogens (tertiary/aromatic N) is 1. The summed E-state index contributed by atoms with van der Waals surface area (Å²) in [4.78, 5) is 14.9. The molecule has 0 unspecified atom stereocenters. The Morgan fingerprint density at radius 2 is 1.70 bits per heavy atom. The number of para-hydroxylation sites is 2. The van der Waals surface area contributed by atoms with Crippen LogP contribution >= 0.6 is 0 Å². The van der Waals surface area contributed by atoms with Crippen LogP contribution in [0.1, 0.15) is 6.42 Å². The molecule has 0 fully saturated rings. The lowest BCUT2D eigenvalue weighted by Gasteiger charge is -2.07. The first-order valence-corrected chi connectivity index (χ1v) is 8.78. The van der Waals surface area contributed by atoms with Crippen molar-refractivity contribution in [2.24, 2.45) is 0 Å². The second-order valence-corrected chi connectivity index (χ2v) is 6.93. The summed E-state index contributed by atoms with van der Waals surface area (Å²) in [6, 6.07) is 15.6. The fraction of sp³-hybridized carbons (Fsp3) is 0.188. The van der Waals surface area contributed by atoms with E-state index in [1.165, 1.54) is 0 Å². The van der Waals surface area contributed by atoms with Gasteiger partial charge in [-0.3, -0.25) is 4.57 Å². The average molecular weight is 331 g/mol. The molecule has 6 nitrogen and oxygen atoms in total. The van der Waals surface area contributed by atoms with E-state index in [9.17, 15) is 13.2 Å². The van der Waals surface area contributed by atoms with Gasteiger partial charge in [-0.25, -0.2) is 17.9 Å². The Bertz CT molecular complexity index is 959. The molecule has 3 aromatic rings. The van der Waals surface area contributed by atoms with Crippen molar-refractivity contribution in [2.75, 3.05) is 6.54 Å². The summed E-state index contributed by atoms with van der Waals surface area (Å²) in [7, 11) is -3.50. The molecule has 1 heterocycles. The lowest BCUT2D eigenvalue weighted by molar-refractivity contribution is 0.569. The fourth-order valence-corrected chi connectivity index (χ4v) is 3.55. The summed E-state index contributed by atoms with van der Waals surface area (Å²) in [5, 5.41) is 0. The van der Waals surface area contributed by atoms with Gasteiger partial charge in [0.15, 0.2) is 0 Å². The lowest BCUT2D eigenvalue weighted by Crippen LogP contribution is -2.26. The minimum atomic E-state index is -3.50. The summed E-state index contributed by atoms with van der Waals surface area (Å²) >= 11 is 0. The van der Waals surface area contributed by atoms with E-state index in [1.54, 1.807) is 34.9 Å². The summed E-state index contributed by atoms with van der Waals surface area (Å²) in [6.45, 7) is 0.712. The average Bonchev–Trinajstić information content (AvgIpc) is 2.88. The van der Waals surface area contributed by atoms with E-state index >= 15 is 0 Å². The number of sulfonamides is 1. The second kappa shape index (κ2) is 6.39. The molecular weight excluding hydrogens is 314 g/mol. The van der Waals surface area contributed by atoms with Crippen LogP contribution in [0.25, 0.3) is 11.0 Å². The van der Waals surface area contributed by atoms with Gasteiger partial charge in [-0.15, -0.1) is 0 Å². The minimum absolute atomic E-state index is 0.183. The van der Waals surface area contributed by atoms with E-state index in [-0.39, 0.29) is 17.1 Å². The van der Waals surface area contributed by atoms with Crippen LogP contribution in [0.4, 0.5) is 0 Å². The highest BCUT2D eigenvalue weighted by Crippen LogP contribution is 2.10. The molecular formula is C16H17N3O3S. The Kier molecular flexibility index (Phi) is 4.31. The normalized spacial score (nSPS) is 11.8. The molecule has 7 heteroatoms. The van der Waals surface area contributed by atoms with Crippen LogP contribution in [0.5, 0.6) is 0 Å². The van der Waals surface area contributed by atoms with Gasteiger partial charge in [-0.1, -0.05) is 30.3 Å². The Morgan fingerprint density at radius 1 is 1.00 bits per heavy atom. The van der Waals surface area contributed by atoms with Crippen molar-refractivity contribution < 1.29 is 8.42 Å². The van der Waals surface area contributed by atoms with E-state index in [2.05, 4.69) is 9.71 Å². The van der Waals surface area contributed by atoms with Crippen LogP contribution in [0.2, 0.25) is 0 Å². The molecule has 0 saturated carbocycles. The third-order valence-electron chi connectivity index (χ3n) is 3.59. The molecule has 0 bridgehead atoms. The number of nitrogens with one attached hydrogen (secondary N) is 2. The van der Waals surface area contributed by atoms with Gasteiger partial charge in [0, 0.05) is 13.1 Å². The maximum absolute atomic E-state index is 12.1. The maximum atomic E-state index is 12.1. The summed E-state index contributed by atoms with van der Waals surface area (Å²) in [5.41, 5.74) is 1.42. The summed E-state index contributed by atoms with van der Waals surface area (Å²) < 4.78 is 28.3. The molecule has 0 spiro atoms. The van der Waals surface area contributed by atoms with Crippen molar-refractivity contribution >= 4 is 21.1 Å². The van der Waals surface area contributed by atoms with Gasteiger partial charge in [0.1, 0.15) is 0 Å². The number of hydrogen-bond acceptors (Lipinski definition) is 3. The Balaban J connectivity index is 1.64. The van der Waals surface area contributed by atoms with E-state index in [1.807, 2.05) is 24.3 Å². The predicted molar refractivity (Wildman–Crippen MR) is 88.8 cm³/mol. The first kappa shape index (κ1) is 15.5. The summed E-state index contributed by atoms with van der Waals surface area (Å²) in [5.74, 6) is 0. The van der Waals surface area contributed by atoms with Crippen molar-refractivity contribution in [3.8, 4) is 0 Å². The van der Waals surface area contributed by atoms with Crippen LogP contribution < -0.4 is 10.4 Å². The van der Waals surface area contributed by atoms with E-state index < -0.39 is 10.0 Å². The SMILES string of the molecule is O=c1[nH]c2ccccc2n1CCCNS(=O)(=O)c1ccccc1. The number of rotatable bonds is 6. The molecule has 0 aliphatic heterocycles. The zero-order valence-electron chi connectivity index (χ0n) is 12.4. The van der Waals surface area contributed by atoms with E-state index in [0.717, 1.165) is 11.0 Å². The van der Waals surface area contributed by atoms with Crippen LogP contribution in [-0.4, -0.2) is 24.5 Å². The highest BCUT2D eigenvalue weighted by molar-refractivity contribution is 7.89. The van der Waals surface area contributed by atoms with Crippen LogP contribution in [-0.2, 0) is 16.6 Å². The molecule has 0 aliphatic rings. The van der Waals surface area contributed by atoms with Crippen molar-refractivity contribution in [3.63, 3.8) is 0 Å². The largest absolute Gasteiger partial charge is 0.326 e. The first-order chi connectivity index (χ1) is 11.1. The van der Waals surface area contributed by atoms with Crippen molar-refractivity contribution in [2.45, 2.75) is 17.9 Å². The highest BCUT2D eigenvalue weighted by atomic mass is 32.2. The monoisotopic (exact) mass is 331 g/mol. The Hall–Kier alpha value is -2.38. The molecule has 0 radical (unpaired) electrons. The van der Waals surface area contributed by atoms with Gasteiger partial charge in [-0.2, -0.15) is 0 Å². The van der Waals surface area contributed by atoms with Crippen molar-refractivity contribution in [3.05, 3.63) is 65.1 Å². The topological polar surface area (TPSA) is 84.0 Å². The smallest absolute Gasteiger partial charge is 0.306 e. The molecule has 120 valence electrons. The third kappa shape index (κ3) is 3.35. The molecule has 23 heavy (non-hydrogen) atoms. The lowest BCUT2D eigenvalue weighted by atomic mass is 10.3. The number of hydrogen-bond donors (Lipinski definition) is 2. The van der Waals surface area contributed by atoms with E-state index in [0.29, 0.717) is 13.0 Å².